The van der Waals surface area contributed by atoms with E-state index in [1.807, 2.05) is 0 Å². The molecule has 0 saturated heterocycles. The summed E-state index contributed by atoms with van der Waals surface area (Å²) in [5, 5.41) is 0. The average molecular weight is 283 g/mol. The minimum atomic E-state index is 0. The van der Waals surface area contributed by atoms with Crippen molar-refractivity contribution >= 4 is 0 Å². The van der Waals surface area contributed by atoms with Crippen LogP contribution in [0, 0.1) is 0 Å². The molecule has 0 spiro atoms. The first-order valence-electron chi connectivity index (χ1n) is 8.09. The summed E-state index contributed by atoms with van der Waals surface area (Å²) in [6.07, 6.45) is 11.1. The Labute approximate surface area is 121 Å². The Morgan fingerprint density at radius 3 is 0.895 bits per heavy atom. The van der Waals surface area contributed by atoms with Crippen LogP contribution in [0.1, 0.15) is 80.5 Å². The maximum absolute atomic E-state index is 2.33. The van der Waals surface area contributed by atoms with Crippen LogP contribution in [0.3, 0.4) is 0 Å². The van der Waals surface area contributed by atoms with Gasteiger partial charge in [-0.05, 0) is 25.7 Å². The highest BCUT2D eigenvalue weighted by Crippen LogP contribution is 2.16. The average Bonchev–Trinajstić information content (AvgIpc) is 2.37. The van der Waals surface area contributed by atoms with E-state index in [1.54, 1.807) is 0 Å². The topological polar surface area (TPSA) is 0 Å². The molecule has 0 aromatic carbocycles. The van der Waals surface area contributed by atoms with E-state index in [9.17, 15) is 0 Å². The monoisotopic (exact) mass is 283 g/mol. The molecule has 0 radical (unpaired) electrons. The quantitative estimate of drug-likeness (QED) is 0.419. The molecule has 0 rings (SSSR count). The minimum Gasteiger partial charge on any atom is -0.324 e. The van der Waals surface area contributed by atoms with Gasteiger partial charge in [0.25, 0.3) is 0 Å². The number of nitrogens with zero attached hydrogens (tertiary/aromatic N) is 1. The van der Waals surface area contributed by atoms with E-state index in [0.717, 1.165) is 0 Å². The zero-order chi connectivity index (χ0) is 13.0. The van der Waals surface area contributed by atoms with Gasteiger partial charge in [0, 0.05) is 0 Å². The van der Waals surface area contributed by atoms with Gasteiger partial charge in [-0.2, -0.15) is 0 Å². The van der Waals surface area contributed by atoms with Gasteiger partial charge >= 0.3 is 1.43 Å². The Kier molecular flexibility index (Phi) is 20.0. The van der Waals surface area contributed by atoms with Gasteiger partial charge in [0.05, 0.1) is 26.2 Å². The van der Waals surface area contributed by atoms with E-state index in [-0.39, 0.29) is 10.8 Å². The van der Waals surface area contributed by atoms with Crippen molar-refractivity contribution in [3.8, 4) is 0 Å². The maximum atomic E-state index is 2.33. The highest BCUT2D eigenvalue weighted by atomic mass is 19.0. The molecule has 0 aromatic rings. The molecular formula is C16H39F2N+2. The fourth-order valence-electron chi connectivity index (χ4n) is 2.64. The number of quaternary nitrogens is 1. The van der Waals surface area contributed by atoms with E-state index < -0.39 is 0 Å². The molecule has 0 aliphatic rings. The van der Waals surface area contributed by atoms with E-state index in [0.29, 0.717) is 0 Å². The predicted octanol–water partition coefficient (Wildman–Crippen LogP) is 5.42. The maximum Gasteiger partial charge on any atom is 1.00 e. The van der Waals surface area contributed by atoms with Crippen LogP contribution in [0.2, 0.25) is 0 Å². The van der Waals surface area contributed by atoms with Crippen LogP contribution in [0.5, 0.6) is 0 Å². The Balaban J connectivity index is -0.000000427. The van der Waals surface area contributed by atoms with Gasteiger partial charge in [-0.15, -0.1) is 0 Å². The van der Waals surface area contributed by atoms with Crippen molar-refractivity contribution in [3.63, 3.8) is 0 Å². The van der Waals surface area contributed by atoms with E-state index in [1.165, 1.54) is 82.0 Å². The van der Waals surface area contributed by atoms with E-state index in [2.05, 4.69) is 27.7 Å². The zero-order valence-corrected chi connectivity index (χ0v) is 13.7. The third-order valence-electron chi connectivity index (χ3n) is 3.94. The molecule has 0 amide bonds. The number of halogens is 2. The lowest BCUT2D eigenvalue weighted by Gasteiger charge is -2.39. The molecule has 120 valence electrons. The standard InChI is InChI=1S/C16H36N.2FH/c1-5-9-13-17(14-10-6-2,15-11-7-3)16-12-8-4;;/h5-16H2,1-4H3;2*1H/q+1;;/p+1. The van der Waals surface area contributed by atoms with Crippen LogP contribution < -0.4 is 0 Å². The van der Waals surface area contributed by atoms with Crippen molar-refractivity contribution in [2.45, 2.75) is 79.1 Å². The summed E-state index contributed by atoms with van der Waals surface area (Å²) >= 11 is 0. The van der Waals surface area contributed by atoms with Crippen LogP contribution in [0.15, 0.2) is 0 Å². The van der Waals surface area contributed by atoms with Gasteiger partial charge in [-0.1, -0.05) is 53.4 Å². The normalized spacial score (nSPS) is 10.7. The van der Waals surface area contributed by atoms with Crippen molar-refractivity contribution in [1.29, 1.82) is 0 Å². The third-order valence-corrected chi connectivity index (χ3v) is 3.94. The number of unbranched alkanes of at least 4 members (excludes halogenated alkanes) is 4. The summed E-state index contributed by atoms with van der Waals surface area (Å²) in [5.74, 6) is 0. The molecule has 0 saturated carbocycles. The van der Waals surface area contributed by atoms with Crippen LogP contribution in [-0.2, 0) is 0 Å². The van der Waals surface area contributed by atoms with Crippen molar-refractivity contribution in [2.24, 2.45) is 0 Å². The van der Waals surface area contributed by atoms with Crippen LogP contribution in [0.25, 0.3) is 0 Å². The second-order valence-electron chi connectivity index (χ2n) is 5.65. The van der Waals surface area contributed by atoms with Crippen LogP contribution in [0.4, 0.5) is 9.41 Å². The second kappa shape index (κ2) is 15.9. The molecule has 0 unspecified atom stereocenters. The molecule has 0 atom stereocenters. The molecule has 0 N–H and O–H groups in total. The van der Waals surface area contributed by atoms with Gasteiger partial charge in [0.15, 0.2) is 0 Å². The van der Waals surface area contributed by atoms with Crippen molar-refractivity contribution < 1.29 is 15.3 Å². The fourth-order valence-corrected chi connectivity index (χ4v) is 2.64. The SMILES string of the molecule is CCCC[N+](CCCC)(CCCC)CCCC.F.F.[H+]. The molecule has 0 fully saturated rings. The first-order chi connectivity index (χ1) is 8.24. The molecule has 0 aliphatic heterocycles. The van der Waals surface area contributed by atoms with Gasteiger partial charge in [0.1, 0.15) is 0 Å². The highest BCUT2D eigenvalue weighted by molar-refractivity contribution is 4.49. The third kappa shape index (κ3) is 11.4. The van der Waals surface area contributed by atoms with Crippen LogP contribution in [-0.4, -0.2) is 30.7 Å². The van der Waals surface area contributed by atoms with Crippen molar-refractivity contribution in [1.82, 2.24) is 0 Å². The predicted molar refractivity (Wildman–Crippen MR) is 85.5 cm³/mol. The Morgan fingerprint density at radius 2 is 0.737 bits per heavy atom. The smallest absolute Gasteiger partial charge is 0.324 e. The van der Waals surface area contributed by atoms with Crippen LogP contribution >= 0.6 is 0 Å². The summed E-state index contributed by atoms with van der Waals surface area (Å²) in [6.45, 7) is 15.0. The molecule has 0 bridgehead atoms. The first-order valence-corrected chi connectivity index (χ1v) is 8.09. The molecule has 0 aromatic heterocycles. The lowest BCUT2D eigenvalue weighted by Crippen LogP contribution is -2.50. The lowest BCUT2D eigenvalue weighted by molar-refractivity contribution is -0.929. The Morgan fingerprint density at radius 1 is 0.526 bits per heavy atom. The second-order valence-corrected chi connectivity index (χ2v) is 5.65. The highest BCUT2D eigenvalue weighted by Gasteiger charge is 2.24. The summed E-state index contributed by atoms with van der Waals surface area (Å²) in [7, 11) is 0. The number of hydrogen-bond donors (Lipinski definition) is 0. The molecule has 19 heavy (non-hydrogen) atoms. The van der Waals surface area contributed by atoms with Crippen molar-refractivity contribution in [3.05, 3.63) is 0 Å². The molecule has 3 heteroatoms. The van der Waals surface area contributed by atoms with Gasteiger partial charge in [-0.25, -0.2) is 0 Å². The Bertz CT molecular complexity index is 131. The summed E-state index contributed by atoms with van der Waals surface area (Å²) in [5.41, 5.74) is 0. The molecule has 1 nitrogen and oxygen atoms in total. The molecule has 0 heterocycles. The van der Waals surface area contributed by atoms with Gasteiger partial charge in [-0.3, -0.25) is 9.41 Å². The Hall–Kier alpha value is -0.180. The summed E-state index contributed by atoms with van der Waals surface area (Å²) in [6, 6.07) is 0. The van der Waals surface area contributed by atoms with E-state index >= 15 is 0 Å². The first kappa shape index (κ1) is 23.9. The largest absolute Gasteiger partial charge is 1.00 e. The summed E-state index contributed by atoms with van der Waals surface area (Å²) in [4.78, 5) is 0. The molecule has 0 aliphatic carbocycles. The lowest BCUT2D eigenvalue weighted by atomic mass is 10.1. The van der Waals surface area contributed by atoms with Crippen molar-refractivity contribution in [2.75, 3.05) is 26.2 Å². The fraction of sp³-hybridized carbons (Fsp3) is 1.00. The zero-order valence-electron chi connectivity index (χ0n) is 14.7. The summed E-state index contributed by atoms with van der Waals surface area (Å²) < 4.78 is 1.42. The van der Waals surface area contributed by atoms with E-state index in [4.69, 9.17) is 0 Å². The number of hydrogen-bond acceptors (Lipinski definition) is 0. The number of rotatable bonds is 12. The minimum absolute atomic E-state index is 0. The van der Waals surface area contributed by atoms with Gasteiger partial charge < -0.3 is 4.48 Å². The van der Waals surface area contributed by atoms with Gasteiger partial charge in [0.2, 0.25) is 0 Å². The molecular weight excluding hydrogens is 244 g/mol.